The fourth-order valence-electron chi connectivity index (χ4n) is 1.04. The lowest BCUT2D eigenvalue weighted by Gasteiger charge is -2.10. The van der Waals surface area contributed by atoms with Gasteiger partial charge in [0, 0.05) is 12.8 Å². The highest BCUT2D eigenvalue weighted by Crippen LogP contribution is 2.09. The molecule has 1 aromatic rings. The average molecular weight is 245 g/mol. The summed E-state index contributed by atoms with van der Waals surface area (Å²) in [7, 11) is 1.47. The van der Waals surface area contributed by atoms with E-state index in [0.29, 0.717) is 5.69 Å². The quantitative estimate of drug-likeness (QED) is 0.746. The zero-order valence-electron chi connectivity index (χ0n) is 9.03. The first-order valence-corrected chi connectivity index (χ1v) is 4.97. The number of ether oxygens (including phenoxy) is 1. The van der Waals surface area contributed by atoms with Crippen molar-refractivity contribution in [2.75, 3.05) is 19.0 Å². The van der Waals surface area contributed by atoms with Crippen LogP contribution in [0.2, 0.25) is 5.15 Å². The minimum Gasteiger partial charge on any atom is -0.383 e. The molecule has 1 atom stereocenters. The number of aromatic nitrogens is 2. The summed E-state index contributed by atoms with van der Waals surface area (Å²) in [6, 6.07) is 0.833. The van der Waals surface area contributed by atoms with Crippen LogP contribution in [-0.2, 0) is 9.53 Å². The Morgan fingerprint density at radius 3 is 2.94 bits per heavy atom. The molecule has 1 amide bonds. The number of aryl methyl sites for hydroxylation is 1. The Kier molecular flexibility index (Phi) is 4.60. The van der Waals surface area contributed by atoms with Crippen molar-refractivity contribution < 1.29 is 9.53 Å². The van der Waals surface area contributed by atoms with Gasteiger partial charge >= 0.3 is 0 Å². The molecule has 1 unspecified atom stereocenters. The van der Waals surface area contributed by atoms with Gasteiger partial charge in [-0.1, -0.05) is 11.6 Å². The summed E-state index contributed by atoms with van der Waals surface area (Å²) < 4.78 is 4.76. The molecule has 0 aliphatic rings. The van der Waals surface area contributed by atoms with E-state index in [9.17, 15) is 4.79 Å². The third kappa shape index (κ3) is 3.73. The summed E-state index contributed by atoms with van der Waals surface area (Å²) in [4.78, 5) is 19.3. The topological polar surface area (TPSA) is 90.1 Å². The summed E-state index contributed by atoms with van der Waals surface area (Å²) >= 11 is 5.72. The van der Waals surface area contributed by atoms with Crippen molar-refractivity contribution in [2.24, 2.45) is 5.73 Å². The first kappa shape index (κ1) is 12.8. The fourth-order valence-corrected chi connectivity index (χ4v) is 1.28. The van der Waals surface area contributed by atoms with E-state index in [1.54, 1.807) is 13.0 Å². The van der Waals surface area contributed by atoms with Gasteiger partial charge < -0.3 is 10.5 Å². The van der Waals surface area contributed by atoms with Gasteiger partial charge in [-0.3, -0.25) is 10.1 Å². The van der Waals surface area contributed by atoms with Crippen LogP contribution in [-0.4, -0.2) is 35.6 Å². The second-order valence-electron chi connectivity index (χ2n) is 3.21. The Morgan fingerprint density at radius 1 is 1.69 bits per heavy atom. The van der Waals surface area contributed by atoms with E-state index in [1.807, 2.05) is 0 Å². The van der Waals surface area contributed by atoms with Crippen molar-refractivity contribution in [3.63, 3.8) is 0 Å². The molecule has 1 heterocycles. The molecular formula is C9H13ClN4O2. The Morgan fingerprint density at radius 2 is 2.38 bits per heavy atom. The van der Waals surface area contributed by atoms with Gasteiger partial charge in [-0.25, -0.2) is 9.97 Å². The smallest absolute Gasteiger partial charge is 0.246 e. The largest absolute Gasteiger partial charge is 0.383 e. The van der Waals surface area contributed by atoms with Crippen molar-refractivity contribution >= 4 is 23.5 Å². The van der Waals surface area contributed by atoms with E-state index in [4.69, 9.17) is 22.1 Å². The number of methoxy groups -OCH3 is 1. The van der Waals surface area contributed by atoms with Crippen molar-refractivity contribution in [3.05, 3.63) is 16.9 Å². The number of amides is 1. The van der Waals surface area contributed by atoms with Crippen LogP contribution in [0.3, 0.4) is 0 Å². The number of carbonyl (C=O) groups is 1. The van der Waals surface area contributed by atoms with Crippen molar-refractivity contribution in [3.8, 4) is 0 Å². The van der Waals surface area contributed by atoms with Gasteiger partial charge in [-0.15, -0.1) is 0 Å². The van der Waals surface area contributed by atoms with E-state index >= 15 is 0 Å². The molecule has 0 aliphatic carbocycles. The SMILES string of the molecule is COCC(N)C(=O)Nc1nc(C)cc(Cl)n1. The zero-order valence-corrected chi connectivity index (χ0v) is 9.78. The van der Waals surface area contributed by atoms with Crippen LogP contribution >= 0.6 is 11.6 Å². The molecule has 88 valence electrons. The Balaban J connectivity index is 2.69. The summed E-state index contributed by atoms with van der Waals surface area (Å²) in [5.74, 6) is -0.273. The van der Waals surface area contributed by atoms with Crippen molar-refractivity contribution in [1.29, 1.82) is 0 Å². The van der Waals surface area contributed by atoms with Crippen LogP contribution in [0.25, 0.3) is 0 Å². The molecule has 1 rings (SSSR count). The maximum Gasteiger partial charge on any atom is 0.246 e. The maximum atomic E-state index is 11.5. The Bertz CT molecular complexity index is 366. The molecule has 0 saturated heterocycles. The number of nitrogens with one attached hydrogen (secondary N) is 1. The molecule has 0 bridgehead atoms. The van der Waals surface area contributed by atoms with E-state index in [-0.39, 0.29) is 17.7 Å². The standard InChI is InChI=1S/C9H13ClN4O2/c1-5-3-7(10)13-9(12-5)14-8(15)6(11)4-16-2/h3,6H,4,11H2,1-2H3,(H,12,13,14,15). The molecule has 0 radical (unpaired) electrons. The highest BCUT2D eigenvalue weighted by Gasteiger charge is 2.14. The van der Waals surface area contributed by atoms with Crippen LogP contribution in [0.4, 0.5) is 5.95 Å². The molecule has 0 fully saturated rings. The molecular weight excluding hydrogens is 232 g/mol. The normalized spacial score (nSPS) is 12.2. The van der Waals surface area contributed by atoms with E-state index in [0.717, 1.165) is 0 Å². The van der Waals surface area contributed by atoms with Crippen molar-refractivity contribution in [2.45, 2.75) is 13.0 Å². The number of anilines is 1. The van der Waals surface area contributed by atoms with E-state index in [2.05, 4.69) is 15.3 Å². The number of rotatable bonds is 4. The van der Waals surface area contributed by atoms with Gasteiger partial charge in [0.2, 0.25) is 11.9 Å². The molecule has 6 nitrogen and oxygen atoms in total. The van der Waals surface area contributed by atoms with Gasteiger partial charge in [-0.2, -0.15) is 0 Å². The van der Waals surface area contributed by atoms with Gasteiger partial charge in [0.15, 0.2) is 0 Å². The molecule has 0 aromatic carbocycles. The molecule has 0 spiro atoms. The monoisotopic (exact) mass is 244 g/mol. The second kappa shape index (κ2) is 5.74. The third-order valence-corrected chi connectivity index (χ3v) is 1.93. The van der Waals surface area contributed by atoms with Gasteiger partial charge in [0.25, 0.3) is 0 Å². The third-order valence-electron chi connectivity index (χ3n) is 1.74. The predicted molar refractivity (Wildman–Crippen MR) is 60.3 cm³/mol. The lowest BCUT2D eigenvalue weighted by atomic mass is 10.3. The van der Waals surface area contributed by atoms with Crippen LogP contribution in [0, 0.1) is 6.92 Å². The van der Waals surface area contributed by atoms with Gasteiger partial charge in [0.1, 0.15) is 11.2 Å². The average Bonchev–Trinajstić information content (AvgIpc) is 2.16. The molecule has 1 aromatic heterocycles. The van der Waals surface area contributed by atoms with Crippen LogP contribution < -0.4 is 11.1 Å². The first-order chi connectivity index (χ1) is 7.52. The lowest BCUT2D eigenvalue weighted by Crippen LogP contribution is -2.39. The Labute approximate surface area is 98.2 Å². The second-order valence-corrected chi connectivity index (χ2v) is 3.59. The van der Waals surface area contributed by atoms with E-state index < -0.39 is 11.9 Å². The van der Waals surface area contributed by atoms with E-state index in [1.165, 1.54) is 7.11 Å². The number of nitrogens with two attached hydrogens (primary N) is 1. The van der Waals surface area contributed by atoms with Crippen molar-refractivity contribution in [1.82, 2.24) is 9.97 Å². The number of hydrogen-bond acceptors (Lipinski definition) is 5. The summed E-state index contributed by atoms with van der Waals surface area (Å²) in [5, 5.41) is 2.72. The molecule has 0 aliphatic heterocycles. The first-order valence-electron chi connectivity index (χ1n) is 4.59. The summed E-state index contributed by atoms with van der Waals surface area (Å²) in [6.45, 7) is 1.88. The lowest BCUT2D eigenvalue weighted by molar-refractivity contribution is -0.118. The van der Waals surface area contributed by atoms with Gasteiger partial charge in [-0.05, 0) is 13.0 Å². The zero-order chi connectivity index (χ0) is 12.1. The van der Waals surface area contributed by atoms with Crippen LogP contribution in [0.1, 0.15) is 5.69 Å². The van der Waals surface area contributed by atoms with Gasteiger partial charge in [0.05, 0.1) is 6.61 Å². The molecule has 16 heavy (non-hydrogen) atoms. The minimum absolute atomic E-state index is 0.130. The molecule has 3 N–H and O–H groups in total. The minimum atomic E-state index is -0.757. The fraction of sp³-hybridized carbons (Fsp3) is 0.444. The molecule has 7 heteroatoms. The predicted octanol–water partition coefficient (Wildman–Crippen LogP) is 0.351. The number of halogens is 1. The maximum absolute atomic E-state index is 11.5. The van der Waals surface area contributed by atoms with Crippen LogP contribution in [0.15, 0.2) is 6.07 Å². The number of nitrogens with zero attached hydrogens (tertiary/aromatic N) is 2. The van der Waals surface area contributed by atoms with Crippen LogP contribution in [0.5, 0.6) is 0 Å². The highest BCUT2D eigenvalue weighted by molar-refractivity contribution is 6.29. The molecule has 0 saturated carbocycles. The Hall–Kier alpha value is -1.24. The summed E-state index contributed by atoms with van der Waals surface area (Å²) in [6.07, 6.45) is 0. The number of carbonyl (C=O) groups excluding carboxylic acids is 1. The highest BCUT2D eigenvalue weighted by atomic mass is 35.5. The number of hydrogen-bond donors (Lipinski definition) is 2. The summed E-state index contributed by atoms with van der Waals surface area (Å²) in [5.41, 5.74) is 6.19.